The zero-order valence-electron chi connectivity index (χ0n) is 8.97. The number of anilines is 1. The van der Waals surface area contributed by atoms with E-state index in [4.69, 9.17) is 5.73 Å². The molecule has 2 aromatic carbocycles. The molecule has 0 bridgehead atoms. The molecule has 2 rings (SSSR count). The molecule has 1 atom stereocenters. The Kier molecular flexibility index (Phi) is 3.36. The van der Waals surface area contributed by atoms with Crippen LogP contribution in [0, 0.1) is 0 Å². The molecule has 3 nitrogen and oxygen atoms in total. The fraction of sp³-hybridized carbons (Fsp3) is 0.0769. The first-order valence-corrected chi connectivity index (χ1v) is 5.90. The van der Waals surface area contributed by atoms with E-state index in [9.17, 15) is 10.2 Å². The molecule has 0 heterocycles. The van der Waals surface area contributed by atoms with Gasteiger partial charge in [-0.05, 0) is 23.8 Å². The number of para-hydroxylation sites is 1. The van der Waals surface area contributed by atoms with Gasteiger partial charge in [-0.25, -0.2) is 0 Å². The van der Waals surface area contributed by atoms with Gasteiger partial charge in [0.15, 0.2) is 0 Å². The molecule has 4 heteroatoms. The van der Waals surface area contributed by atoms with Crippen LogP contribution < -0.4 is 5.73 Å². The normalized spacial score (nSPS) is 12.4. The van der Waals surface area contributed by atoms with E-state index in [-0.39, 0.29) is 11.4 Å². The van der Waals surface area contributed by atoms with Crippen LogP contribution in [-0.2, 0) is 0 Å². The van der Waals surface area contributed by atoms with Crippen molar-refractivity contribution in [3.05, 3.63) is 58.1 Å². The van der Waals surface area contributed by atoms with Crippen molar-refractivity contribution in [2.45, 2.75) is 6.10 Å². The number of halogens is 1. The molecule has 0 saturated carbocycles. The van der Waals surface area contributed by atoms with Crippen molar-refractivity contribution >= 4 is 21.6 Å². The van der Waals surface area contributed by atoms with Crippen LogP contribution in [0.5, 0.6) is 5.75 Å². The summed E-state index contributed by atoms with van der Waals surface area (Å²) >= 11 is 3.33. The van der Waals surface area contributed by atoms with E-state index in [0.29, 0.717) is 5.56 Å². The highest BCUT2D eigenvalue weighted by Crippen LogP contribution is 2.32. The second-order valence-electron chi connectivity index (χ2n) is 3.73. The summed E-state index contributed by atoms with van der Waals surface area (Å²) in [4.78, 5) is 0. The number of hydrogen-bond acceptors (Lipinski definition) is 3. The van der Waals surface area contributed by atoms with Gasteiger partial charge in [-0.15, -0.1) is 0 Å². The molecule has 88 valence electrons. The van der Waals surface area contributed by atoms with Gasteiger partial charge in [0.05, 0.1) is 5.69 Å². The minimum absolute atomic E-state index is 0.0151. The van der Waals surface area contributed by atoms with Gasteiger partial charge in [-0.2, -0.15) is 0 Å². The standard InChI is InChI=1S/C13H12BrNO2/c14-9-6-4-8(5-7-9)13(17)10-2-1-3-11(16)12(10)15/h1-7,13,16-17H,15H2. The predicted molar refractivity (Wildman–Crippen MR) is 70.7 cm³/mol. The molecule has 0 fully saturated rings. The van der Waals surface area contributed by atoms with Crippen LogP contribution in [0.2, 0.25) is 0 Å². The summed E-state index contributed by atoms with van der Waals surface area (Å²) in [7, 11) is 0. The smallest absolute Gasteiger partial charge is 0.138 e. The number of aliphatic hydroxyl groups excluding tert-OH is 1. The maximum atomic E-state index is 10.2. The number of phenolic OH excluding ortho intramolecular Hbond substituents is 1. The third-order valence-electron chi connectivity index (χ3n) is 2.60. The van der Waals surface area contributed by atoms with Crippen LogP contribution in [0.1, 0.15) is 17.2 Å². The molecule has 1 unspecified atom stereocenters. The van der Waals surface area contributed by atoms with Crippen LogP contribution in [0.3, 0.4) is 0 Å². The molecule has 0 aliphatic carbocycles. The molecule has 4 N–H and O–H groups in total. The lowest BCUT2D eigenvalue weighted by Crippen LogP contribution is -2.03. The van der Waals surface area contributed by atoms with Crippen molar-refractivity contribution in [2.75, 3.05) is 5.73 Å². The highest BCUT2D eigenvalue weighted by atomic mass is 79.9. The Labute approximate surface area is 108 Å². The summed E-state index contributed by atoms with van der Waals surface area (Å²) in [5.41, 5.74) is 7.18. The van der Waals surface area contributed by atoms with E-state index < -0.39 is 6.10 Å². The molecule has 0 radical (unpaired) electrons. The van der Waals surface area contributed by atoms with Gasteiger partial charge in [0, 0.05) is 10.0 Å². The highest BCUT2D eigenvalue weighted by molar-refractivity contribution is 9.10. The zero-order valence-corrected chi connectivity index (χ0v) is 10.6. The predicted octanol–water partition coefficient (Wildman–Crippen LogP) is 2.82. The molecule has 0 aliphatic heterocycles. The van der Waals surface area contributed by atoms with Crippen LogP contribution in [0.15, 0.2) is 46.9 Å². The number of nitrogen functional groups attached to an aromatic ring is 1. The number of aliphatic hydroxyl groups is 1. The van der Waals surface area contributed by atoms with Gasteiger partial charge >= 0.3 is 0 Å². The molecule has 0 amide bonds. The summed E-state index contributed by atoms with van der Waals surface area (Å²) in [6, 6.07) is 12.1. The molecule has 0 spiro atoms. The van der Waals surface area contributed by atoms with Crippen molar-refractivity contribution in [1.29, 1.82) is 0 Å². The van der Waals surface area contributed by atoms with Crippen molar-refractivity contribution in [2.24, 2.45) is 0 Å². The Morgan fingerprint density at radius 2 is 1.71 bits per heavy atom. The molecule has 0 aliphatic rings. The molecule has 2 aromatic rings. The Hall–Kier alpha value is -1.52. The average Bonchev–Trinajstić information content (AvgIpc) is 2.33. The van der Waals surface area contributed by atoms with Gasteiger partial charge in [0.1, 0.15) is 11.9 Å². The SMILES string of the molecule is Nc1c(O)cccc1C(O)c1ccc(Br)cc1. The lowest BCUT2D eigenvalue weighted by Gasteiger charge is -2.14. The fourth-order valence-corrected chi connectivity index (χ4v) is 1.90. The number of phenols is 1. The first kappa shape index (κ1) is 12.0. The Bertz CT molecular complexity index is 525. The second-order valence-corrected chi connectivity index (χ2v) is 4.65. The van der Waals surface area contributed by atoms with Gasteiger partial charge in [-0.1, -0.05) is 40.2 Å². The second kappa shape index (κ2) is 4.77. The van der Waals surface area contributed by atoms with E-state index >= 15 is 0 Å². The van der Waals surface area contributed by atoms with E-state index in [1.165, 1.54) is 6.07 Å². The van der Waals surface area contributed by atoms with Gasteiger partial charge in [0.2, 0.25) is 0 Å². The summed E-state index contributed by atoms with van der Waals surface area (Å²) in [5, 5.41) is 19.7. The largest absolute Gasteiger partial charge is 0.506 e. The van der Waals surface area contributed by atoms with E-state index in [0.717, 1.165) is 10.0 Å². The minimum Gasteiger partial charge on any atom is -0.506 e. The average molecular weight is 294 g/mol. The van der Waals surface area contributed by atoms with Gasteiger partial charge in [-0.3, -0.25) is 0 Å². The number of hydrogen-bond donors (Lipinski definition) is 3. The van der Waals surface area contributed by atoms with E-state index in [1.807, 2.05) is 12.1 Å². The quantitative estimate of drug-likeness (QED) is 0.589. The van der Waals surface area contributed by atoms with Gasteiger partial charge < -0.3 is 15.9 Å². The van der Waals surface area contributed by atoms with Crippen molar-refractivity contribution in [1.82, 2.24) is 0 Å². The zero-order chi connectivity index (χ0) is 12.4. The molecular formula is C13H12BrNO2. The number of benzene rings is 2. The summed E-state index contributed by atoms with van der Waals surface area (Å²) in [5.74, 6) is -0.0151. The number of aromatic hydroxyl groups is 1. The summed E-state index contributed by atoms with van der Waals surface area (Å²) < 4.78 is 0.942. The third-order valence-corrected chi connectivity index (χ3v) is 3.13. The van der Waals surface area contributed by atoms with Crippen LogP contribution in [-0.4, -0.2) is 10.2 Å². The minimum atomic E-state index is -0.838. The van der Waals surface area contributed by atoms with Crippen LogP contribution >= 0.6 is 15.9 Å². The highest BCUT2D eigenvalue weighted by Gasteiger charge is 2.14. The van der Waals surface area contributed by atoms with Crippen molar-refractivity contribution < 1.29 is 10.2 Å². The summed E-state index contributed by atoms with van der Waals surface area (Å²) in [6.45, 7) is 0. The fourth-order valence-electron chi connectivity index (χ4n) is 1.63. The Morgan fingerprint density at radius 3 is 2.35 bits per heavy atom. The Morgan fingerprint density at radius 1 is 1.06 bits per heavy atom. The van der Waals surface area contributed by atoms with Gasteiger partial charge in [0.25, 0.3) is 0 Å². The first-order chi connectivity index (χ1) is 8.09. The molecule has 17 heavy (non-hydrogen) atoms. The van der Waals surface area contributed by atoms with E-state index in [2.05, 4.69) is 15.9 Å². The molecular weight excluding hydrogens is 282 g/mol. The Balaban J connectivity index is 2.40. The molecule has 0 saturated heterocycles. The lowest BCUT2D eigenvalue weighted by atomic mass is 10.00. The number of nitrogens with two attached hydrogens (primary N) is 1. The monoisotopic (exact) mass is 293 g/mol. The number of rotatable bonds is 2. The van der Waals surface area contributed by atoms with Crippen LogP contribution in [0.4, 0.5) is 5.69 Å². The van der Waals surface area contributed by atoms with Crippen molar-refractivity contribution in [3.63, 3.8) is 0 Å². The maximum Gasteiger partial charge on any atom is 0.138 e. The molecule has 0 aromatic heterocycles. The summed E-state index contributed by atoms with van der Waals surface area (Å²) in [6.07, 6.45) is -0.838. The lowest BCUT2D eigenvalue weighted by molar-refractivity contribution is 0.220. The topological polar surface area (TPSA) is 66.5 Å². The van der Waals surface area contributed by atoms with Crippen LogP contribution in [0.25, 0.3) is 0 Å². The first-order valence-electron chi connectivity index (χ1n) is 5.10. The third kappa shape index (κ3) is 2.43. The maximum absolute atomic E-state index is 10.2. The van der Waals surface area contributed by atoms with E-state index in [1.54, 1.807) is 24.3 Å². The van der Waals surface area contributed by atoms with Crippen molar-refractivity contribution in [3.8, 4) is 5.75 Å².